The number of hydrogen-bond acceptors (Lipinski definition) is 3. The lowest BCUT2D eigenvalue weighted by Crippen LogP contribution is -2.10. The van der Waals surface area contributed by atoms with Gasteiger partial charge in [0.1, 0.15) is 16.8 Å². The zero-order valence-electron chi connectivity index (χ0n) is 13.7. The van der Waals surface area contributed by atoms with E-state index in [-0.39, 0.29) is 15.2 Å². The van der Waals surface area contributed by atoms with Gasteiger partial charge in [-0.25, -0.2) is 12.8 Å². The molecule has 0 aliphatic heterocycles. The average Bonchev–Trinajstić information content (AvgIpc) is 2.52. The second-order valence-electron chi connectivity index (χ2n) is 6.45. The van der Waals surface area contributed by atoms with Crippen LogP contribution in [0.5, 0.6) is 0 Å². The predicted molar refractivity (Wildman–Crippen MR) is 92.3 cm³/mol. The van der Waals surface area contributed by atoms with Crippen LogP contribution in [-0.4, -0.2) is 8.42 Å². The molecule has 2 aromatic rings. The van der Waals surface area contributed by atoms with Gasteiger partial charge in [-0.05, 0) is 46.9 Å². The van der Waals surface area contributed by atoms with Crippen molar-refractivity contribution >= 4 is 15.9 Å². The fourth-order valence-electron chi connectivity index (χ4n) is 2.14. The highest BCUT2D eigenvalue weighted by Crippen LogP contribution is 2.25. The van der Waals surface area contributed by atoms with Crippen LogP contribution in [0.15, 0.2) is 58.3 Å². The van der Waals surface area contributed by atoms with Crippen molar-refractivity contribution in [1.82, 2.24) is 0 Å². The van der Waals surface area contributed by atoms with E-state index in [1.54, 1.807) is 18.2 Å². The maximum absolute atomic E-state index is 13.0. The van der Waals surface area contributed by atoms with E-state index in [0.717, 1.165) is 29.8 Å². The minimum atomic E-state index is -3.97. The number of sulfone groups is 1. The maximum Gasteiger partial charge on any atom is 0.216 e. The summed E-state index contributed by atoms with van der Waals surface area (Å²) in [5.41, 5.74) is 1.71. The Hall–Kier alpha value is -2.45. The van der Waals surface area contributed by atoms with E-state index in [2.05, 4.69) is 20.8 Å². The SMILES string of the molecule is CC(C)(C)c1ccc(/C=C(\C#N)S(=O)(=O)c2ccc(F)cc2)cc1. The summed E-state index contributed by atoms with van der Waals surface area (Å²) < 4.78 is 37.9. The molecule has 0 atom stereocenters. The lowest BCUT2D eigenvalue weighted by molar-refractivity contribution is 0.590. The number of allylic oxidation sites excluding steroid dienone is 1. The second-order valence-corrected chi connectivity index (χ2v) is 8.37. The van der Waals surface area contributed by atoms with Gasteiger partial charge in [-0.2, -0.15) is 5.26 Å². The highest BCUT2D eigenvalue weighted by molar-refractivity contribution is 7.95. The summed E-state index contributed by atoms with van der Waals surface area (Å²) in [6.45, 7) is 6.24. The number of hydrogen-bond donors (Lipinski definition) is 0. The third-order valence-electron chi connectivity index (χ3n) is 3.60. The van der Waals surface area contributed by atoms with Crippen molar-refractivity contribution in [3.63, 3.8) is 0 Å². The highest BCUT2D eigenvalue weighted by Gasteiger charge is 2.21. The molecule has 0 aromatic heterocycles. The molecular weight excluding hydrogens is 325 g/mol. The first kappa shape index (κ1) is 17.9. The van der Waals surface area contributed by atoms with Gasteiger partial charge in [0.2, 0.25) is 9.84 Å². The molecule has 24 heavy (non-hydrogen) atoms. The number of halogens is 1. The van der Waals surface area contributed by atoms with Gasteiger partial charge in [0.05, 0.1) is 4.90 Å². The van der Waals surface area contributed by atoms with Gasteiger partial charge in [-0.15, -0.1) is 0 Å². The Labute approximate surface area is 142 Å². The quantitative estimate of drug-likeness (QED) is 0.610. The van der Waals surface area contributed by atoms with Gasteiger partial charge >= 0.3 is 0 Å². The van der Waals surface area contributed by atoms with Crippen molar-refractivity contribution in [3.05, 3.63) is 70.4 Å². The molecule has 3 nitrogen and oxygen atoms in total. The van der Waals surface area contributed by atoms with Crippen LogP contribution in [0.3, 0.4) is 0 Å². The largest absolute Gasteiger partial charge is 0.218 e. The van der Waals surface area contributed by atoms with Gasteiger partial charge in [0, 0.05) is 0 Å². The van der Waals surface area contributed by atoms with Gasteiger partial charge in [0.25, 0.3) is 0 Å². The summed E-state index contributed by atoms with van der Waals surface area (Å²) in [7, 11) is -3.97. The average molecular weight is 343 g/mol. The van der Waals surface area contributed by atoms with E-state index >= 15 is 0 Å². The third-order valence-corrected chi connectivity index (χ3v) is 5.28. The molecule has 124 valence electrons. The molecule has 0 fully saturated rings. The van der Waals surface area contributed by atoms with E-state index in [4.69, 9.17) is 0 Å². The summed E-state index contributed by atoms with van der Waals surface area (Å²) in [4.78, 5) is -0.486. The minimum Gasteiger partial charge on any atom is -0.218 e. The molecule has 0 aliphatic carbocycles. The van der Waals surface area contributed by atoms with Crippen molar-refractivity contribution in [2.75, 3.05) is 0 Å². The molecule has 0 spiro atoms. The third kappa shape index (κ3) is 3.90. The Morgan fingerprint density at radius 1 is 1.04 bits per heavy atom. The highest BCUT2D eigenvalue weighted by atomic mass is 32.2. The van der Waals surface area contributed by atoms with Crippen LogP contribution in [0.4, 0.5) is 4.39 Å². The fourth-order valence-corrected chi connectivity index (χ4v) is 3.30. The fraction of sp³-hybridized carbons (Fsp3) is 0.211. The van der Waals surface area contributed by atoms with Crippen molar-refractivity contribution in [2.24, 2.45) is 0 Å². The van der Waals surface area contributed by atoms with Gasteiger partial charge < -0.3 is 0 Å². The zero-order chi connectivity index (χ0) is 18.0. The second kappa shape index (κ2) is 6.58. The van der Waals surface area contributed by atoms with Crippen molar-refractivity contribution in [3.8, 4) is 6.07 Å². The molecule has 0 aliphatic rings. The predicted octanol–water partition coefficient (Wildman–Crippen LogP) is 4.46. The molecule has 0 radical (unpaired) electrons. The molecule has 0 heterocycles. The number of nitriles is 1. The number of nitrogens with zero attached hydrogens (tertiary/aromatic N) is 1. The van der Waals surface area contributed by atoms with Crippen molar-refractivity contribution < 1.29 is 12.8 Å². The minimum absolute atomic E-state index is 0.0134. The Bertz CT molecular complexity index is 898. The van der Waals surface area contributed by atoms with Gasteiger partial charge in [-0.1, -0.05) is 45.0 Å². The Morgan fingerprint density at radius 3 is 2.04 bits per heavy atom. The summed E-state index contributed by atoms with van der Waals surface area (Å²) in [6.07, 6.45) is 1.32. The lowest BCUT2D eigenvalue weighted by atomic mass is 9.87. The summed E-state index contributed by atoms with van der Waals surface area (Å²) in [5, 5.41) is 9.25. The normalized spacial score (nSPS) is 12.7. The summed E-state index contributed by atoms with van der Waals surface area (Å²) in [6, 6.07) is 13.5. The van der Waals surface area contributed by atoms with Crippen molar-refractivity contribution in [1.29, 1.82) is 5.26 Å². The molecule has 5 heteroatoms. The Balaban J connectivity index is 2.42. The van der Waals surface area contributed by atoms with E-state index in [0.29, 0.717) is 5.56 Å². The van der Waals surface area contributed by atoms with Crippen LogP contribution in [0.1, 0.15) is 31.9 Å². The number of rotatable bonds is 3. The van der Waals surface area contributed by atoms with Crippen molar-refractivity contribution in [2.45, 2.75) is 31.1 Å². The molecule has 0 unspecified atom stereocenters. The first-order valence-corrected chi connectivity index (χ1v) is 8.86. The number of benzene rings is 2. The van der Waals surface area contributed by atoms with Crippen LogP contribution in [0, 0.1) is 17.1 Å². The standard InChI is InChI=1S/C19H18FNO2S/c1-19(2,3)15-6-4-14(5-7-15)12-18(13-21)24(22,23)17-10-8-16(20)9-11-17/h4-12H,1-3H3/b18-12+. The van der Waals surface area contributed by atoms with E-state index in [1.165, 1.54) is 6.08 Å². The first-order chi connectivity index (χ1) is 11.1. The molecule has 2 aromatic carbocycles. The van der Waals surface area contributed by atoms with Gasteiger partial charge in [0.15, 0.2) is 0 Å². The molecule has 0 amide bonds. The zero-order valence-corrected chi connectivity index (χ0v) is 14.6. The van der Waals surface area contributed by atoms with Crippen LogP contribution >= 0.6 is 0 Å². The van der Waals surface area contributed by atoms with Crippen LogP contribution in [0.25, 0.3) is 6.08 Å². The van der Waals surface area contributed by atoms with Gasteiger partial charge in [-0.3, -0.25) is 0 Å². The van der Waals surface area contributed by atoms with E-state index in [9.17, 15) is 18.1 Å². The van der Waals surface area contributed by atoms with E-state index < -0.39 is 15.7 Å². The first-order valence-electron chi connectivity index (χ1n) is 7.37. The lowest BCUT2D eigenvalue weighted by Gasteiger charge is -2.18. The Morgan fingerprint density at radius 2 is 1.58 bits per heavy atom. The summed E-state index contributed by atoms with van der Waals surface area (Å²) >= 11 is 0. The van der Waals surface area contributed by atoms with Crippen LogP contribution in [0.2, 0.25) is 0 Å². The molecular formula is C19H18FNO2S. The molecule has 0 saturated carbocycles. The van der Waals surface area contributed by atoms with Crippen LogP contribution in [-0.2, 0) is 15.3 Å². The molecule has 2 rings (SSSR count). The maximum atomic E-state index is 13.0. The topological polar surface area (TPSA) is 57.9 Å². The smallest absolute Gasteiger partial charge is 0.216 e. The molecule has 0 bridgehead atoms. The van der Waals surface area contributed by atoms with E-state index in [1.807, 2.05) is 12.1 Å². The molecule has 0 N–H and O–H groups in total. The Kier molecular flexibility index (Phi) is 4.91. The molecule has 0 saturated heterocycles. The monoisotopic (exact) mass is 343 g/mol. The van der Waals surface area contributed by atoms with Crippen LogP contribution < -0.4 is 0 Å². The summed E-state index contributed by atoms with van der Waals surface area (Å²) in [5.74, 6) is -0.533.